The number of aromatic nitrogens is 2. The molecule has 1 aromatic heterocycles. The van der Waals surface area contributed by atoms with E-state index in [0.717, 1.165) is 17.7 Å². The van der Waals surface area contributed by atoms with Crippen molar-refractivity contribution in [3.63, 3.8) is 0 Å². The van der Waals surface area contributed by atoms with Crippen LogP contribution in [0.2, 0.25) is 5.02 Å². The molecule has 1 atom stereocenters. The normalized spacial score (nSPS) is 13.8. The van der Waals surface area contributed by atoms with Gasteiger partial charge in [-0.15, -0.1) is 0 Å². The molecule has 0 spiro atoms. The predicted molar refractivity (Wildman–Crippen MR) is 117 cm³/mol. The Labute approximate surface area is 187 Å². The van der Waals surface area contributed by atoms with Crippen molar-refractivity contribution >= 4 is 22.6 Å². The Hall–Kier alpha value is -3.03. The molecule has 0 aliphatic rings. The van der Waals surface area contributed by atoms with Crippen LogP contribution in [0.25, 0.3) is 11.0 Å². The van der Waals surface area contributed by atoms with E-state index in [-0.39, 0.29) is 17.1 Å². The van der Waals surface area contributed by atoms with Gasteiger partial charge < -0.3 is 14.4 Å². The van der Waals surface area contributed by atoms with Crippen LogP contribution in [0.1, 0.15) is 23.9 Å². The van der Waals surface area contributed by atoms with Gasteiger partial charge in [0.05, 0.1) is 11.0 Å². The number of aryl methyl sites for hydroxylation is 2. The summed E-state index contributed by atoms with van der Waals surface area (Å²) in [6, 6.07) is 17.2. The van der Waals surface area contributed by atoms with E-state index in [2.05, 4.69) is 4.98 Å². The molecule has 0 aliphatic carbocycles. The first-order valence-corrected chi connectivity index (χ1v) is 10.3. The summed E-state index contributed by atoms with van der Waals surface area (Å²) in [6.07, 6.45) is -5.02. The van der Waals surface area contributed by atoms with Gasteiger partial charge >= 0.3 is 6.18 Å². The van der Waals surface area contributed by atoms with Gasteiger partial charge in [-0.25, -0.2) is 4.98 Å². The fourth-order valence-electron chi connectivity index (χ4n) is 3.62. The van der Waals surface area contributed by atoms with Crippen LogP contribution >= 0.6 is 11.6 Å². The molecule has 0 amide bonds. The number of aliphatic hydroxyl groups is 1. The second-order valence-corrected chi connectivity index (χ2v) is 7.90. The number of rotatable bonds is 5. The highest BCUT2D eigenvalue weighted by atomic mass is 35.5. The minimum absolute atomic E-state index is 0.159. The number of alkyl halides is 3. The molecule has 4 nitrogen and oxygen atoms in total. The lowest BCUT2D eigenvalue weighted by atomic mass is 9.92. The number of fused-ring (bicyclic) bond motifs is 1. The maximum atomic E-state index is 14.3. The summed E-state index contributed by atoms with van der Waals surface area (Å²) in [5.74, 6) is 0.535. The van der Waals surface area contributed by atoms with Gasteiger partial charge in [0.25, 0.3) is 0 Å². The maximum absolute atomic E-state index is 14.3. The number of hydrogen-bond acceptors (Lipinski definition) is 3. The summed E-state index contributed by atoms with van der Waals surface area (Å²) in [4.78, 5) is 4.19. The van der Waals surface area contributed by atoms with Crippen molar-refractivity contribution < 1.29 is 23.0 Å². The molecule has 8 heteroatoms. The van der Waals surface area contributed by atoms with Crippen molar-refractivity contribution in [2.75, 3.05) is 0 Å². The second kappa shape index (κ2) is 8.15. The van der Waals surface area contributed by atoms with Crippen LogP contribution in [0.3, 0.4) is 0 Å². The van der Waals surface area contributed by atoms with Gasteiger partial charge in [0.15, 0.2) is 5.82 Å². The Morgan fingerprint density at radius 2 is 1.59 bits per heavy atom. The van der Waals surface area contributed by atoms with E-state index in [9.17, 15) is 18.3 Å². The standard InChI is InChI=1S/C24H20ClF3N2O2/c1-3-30-21-14-19(32-18-10-4-15(2)5-11-18)12-13-20(21)29-22(30)23(31,24(26,27)28)16-6-8-17(25)9-7-16/h4-14,31H,3H2,1-2H3. The van der Waals surface area contributed by atoms with E-state index in [1.165, 1.54) is 16.7 Å². The largest absolute Gasteiger partial charge is 0.457 e. The van der Waals surface area contributed by atoms with Crippen molar-refractivity contribution in [3.05, 3.63) is 88.7 Å². The van der Waals surface area contributed by atoms with Crippen molar-refractivity contribution in [2.45, 2.75) is 32.2 Å². The molecule has 32 heavy (non-hydrogen) atoms. The Kier molecular flexibility index (Phi) is 5.65. The quantitative estimate of drug-likeness (QED) is 0.364. The molecule has 0 fully saturated rings. The van der Waals surface area contributed by atoms with Crippen LogP contribution < -0.4 is 4.74 Å². The Morgan fingerprint density at radius 1 is 0.969 bits per heavy atom. The molecule has 1 heterocycles. The first kappa shape index (κ1) is 22.2. The fraction of sp³-hybridized carbons (Fsp3) is 0.208. The van der Waals surface area contributed by atoms with E-state index < -0.39 is 17.6 Å². The van der Waals surface area contributed by atoms with Gasteiger partial charge in [-0.05, 0) is 50.2 Å². The Balaban J connectivity index is 1.85. The van der Waals surface area contributed by atoms with Crippen molar-refractivity contribution in [1.82, 2.24) is 9.55 Å². The van der Waals surface area contributed by atoms with Gasteiger partial charge in [-0.1, -0.05) is 41.4 Å². The number of nitrogens with zero attached hydrogens (tertiary/aromatic N) is 2. The smallest absolute Gasteiger partial charge is 0.428 e. The van der Waals surface area contributed by atoms with Crippen LogP contribution in [0, 0.1) is 6.92 Å². The molecular weight excluding hydrogens is 441 g/mol. The highest BCUT2D eigenvalue weighted by molar-refractivity contribution is 6.30. The summed E-state index contributed by atoms with van der Waals surface area (Å²) >= 11 is 5.84. The lowest BCUT2D eigenvalue weighted by Gasteiger charge is -2.30. The van der Waals surface area contributed by atoms with E-state index >= 15 is 0 Å². The molecule has 4 rings (SSSR count). The number of halogens is 4. The molecule has 4 aromatic rings. The SMILES string of the molecule is CCn1c(C(O)(c2ccc(Cl)cc2)C(F)(F)F)nc2ccc(Oc3ccc(C)cc3)cc21. The third-order valence-corrected chi connectivity index (χ3v) is 5.54. The fourth-order valence-corrected chi connectivity index (χ4v) is 3.74. The monoisotopic (exact) mass is 460 g/mol. The van der Waals surface area contributed by atoms with Crippen molar-refractivity contribution in [3.8, 4) is 11.5 Å². The first-order valence-electron chi connectivity index (χ1n) is 9.94. The maximum Gasteiger partial charge on any atom is 0.428 e. The number of benzene rings is 3. The molecule has 166 valence electrons. The highest BCUT2D eigenvalue weighted by Gasteiger charge is 2.59. The average Bonchev–Trinajstić information content (AvgIpc) is 3.12. The first-order chi connectivity index (χ1) is 15.1. The van der Waals surface area contributed by atoms with Crippen LogP contribution in [0.5, 0.6) is 11.5 Å². The lowest BCUT2D eigenvalue weighted by molar-refractivity contribution is -0.252. The predicted octanol–water partition coefficient (Wildman–Crippen LogP) is 6.61. The van der Waals surface area contributed by atoms with E-state index in [0.29, 0.717) is 22.5 Å². The molecule has 0 radical (unpaired) electrons. The van der Waals surface area contributed by atoms with Gasteiger partial charge in [0.2, 0.25) is 5.60 Å². The highest BCUT2D eigenvalue weighted by Crippen LogP contribution is 2.45. The summed E-state index contributed by atoms with van der Waals surface area (Å²) in [5.41, 5.74) is -1.87. The molecule has 3 aromatic carbocycles. The number of hydrogen-bond donors (Lipinski definition) is 1. The Bertz CT molecular complexity index is 1250. The second-order valence-electron chi connectivity index (χ2n) is 7.46. The number of ether oxygens (including phenoxy) is 1. The molecule has 0 bridgehead atoms. The van der Waals surface area contributed by atoms with Gasteiger partial charge in [-0.2, -0.15) is 13.2 Å². The minimum atomic E-state index is -5.02. The third kappa shape index (κ3) is 3.82. The van der Waals surface area contributed by atoms with Crippen LogP contribution in [-0.4, -0.2) is 20.8 Å². The molecule has 1 unspecified atom stereocenters. The summed E-state index contributed by atoms with van der Waals surface area (Å²) in [6.45, 7) is 3.81. The molecular formula is C24H20ClF3N2O2. The molecule has 0 saturated heterocycles. The molecule has 0 saturated carbocycles. The molecule has 0 aliphatic heterocycles. The summed E-state index contributed by atoms with van der Waals surface area (Å²) in [5, 5.41) is 11.3. The molecule has 1 N–H and O–H groups in total. The number of imidazole rings is 1. The average molecular weight is 461 g/mol. The van der Waals surface area contributed by atoms with E-state index in [1.54, 1.807) is 25.1 Å². The van der Waals surface area contributed by atoms with Gasteiger partial charge in [0, 0.05) is 23.2 Å². The van der Waals surface area contributed by atoms with Gasteiger partial charge in [0.1, 0.15) is 11.5 Å². The third-order valence-electron chi connectivity index (χ3n) is 5.29. The Morgan fingerprint density at radius 3 is 2.19 bits per heavy atom. The zero-order valence-corrected chi connectivity index (χ0v) is 18.1. The zero-order chi connectivity index (χ0) is 23.1. The van der Waals surface area contributed by atoms with Crippen LogP contribution in [0.15, 0.2) is 66.7 Å². The topological polar surface area (TPSA) is 47.3 Å². The van der Waals surface area contributed by atoms with E-state index in [4.69, 9.17) is 16.3 Å². The summed E-state index contributed by atoms with van der Waals surface area (Å²) in [7, 11) is 0. The van der Waals surface area contributed by atoms with Crippen LogP contribution in [-0.2, 0) is 12.1 Å². The van der Waals surface area contributed by atoms with Crippen LogP contribution in [0.4, 0.5) is 13.2 Å². The van der Waals surface area contributed by atoms with E-state index in [1.807, 2.05) is 31.2 Å². The van der Waals surface area contributed by atoms with Crippen molar-refractivity contribution in [2.24, 2.45) is 0 Å². The zero-order valence-electron chi connectivity index (χ0n) is 17.3. The lowest BCUT2D eigenvalue weighted by Crippen LogP contribution is -2.45. The minimum Gasteiger partial charge on any atom is -0.457 e. The van der Waals surface area contributed by atoms with Gasteiger partial charge in [-0.3, -0.25) is 0 Å². The van der Waals surface area contributed by atoms with Crippen molar-refractivity contribution in [1.29, 1.82) is 0 Å². The summed E-state index contributed by atoms with van der Waals surface area (Å²) < 4.78 is 50.0.